The highest BCUT2D eigenvalue weighted by Crippen LogP contribution is 2.24. The smallest absolute Gasteiger partial charge is 0.0949 e. The van der Waals surface area contributed by atoms with E-state index in [4.69, 9.17) is 4.74 Å². The minimum atomic E-state index is 0.671. The average molecular weight is 251 g/mol. The standard InChI is InChI=1S/C14H25N3O/c1-2-3-9-18-10-8-17-12-16-11-14(17)13-4-6-15-7-5-13/h11-13,15H,2-10H2,1H3. The molecule has 4 nitrogen and oxygen atoms in total. The monoisotopic (exact) mass is 251 g/mol. The van der Waals surface area contributed by atoms with Crippen molar-refractivity contribution in [2.24, 2.45) is 0 Å². The van der Waals surface area contributed by atoms with Gasteiger partial charge in [0.2, 0.25) is 0 Å². The largest absolute Gasteiger partial charge is 0.380 e. The molecule has 2 rings (SSSR count). The molecule has 0 bridgehead atoms. The SMILES string of the molecule is CCCCOCCn1cncc1C1CCNCC1. The lowest BCUT2D eigenvalue weighted by Gasteiger charge is -2.23. The molecule has 0 atom stereocenters. The van der Waals surface area contributed by atoms with E-state index in [1.165, 1.54) is 25.0 Å². The molecule has 1 aromatic heterocycles. The van der Waals surface area contributed by atoms with Crippen LogP contribution in [0.15, 0.2) is 12.5 Å². The van der Waals surface area contributed by atoms with Gasteiger partial charge in [0.1, 0.15) is 0 Å². The van der Waals surface area contributed by atoms with Crippen molar-refractivity contribution in [2.45, 2.75) is 45.1 Å². The van der Waals surface area contributed by atoms with Crippen LogP contribution in [0.4, 0.5) is 0 Å². The van der Waals surface area contributed by atoms with Crippen molar-refractivity contribution in [3.05, 3.63) is 18.2 Å². The number of ether oxygens (including phenoxy) is 1. The van der Waals surface area contributed by atoms with Crippen molar-refractivity contribution in [3.63, 3.8) is 0 Å². The minimum absolute atomic E-state index is 0.671. The van der Waals surface area contributed by atoms with Gasteiger partial charge in [0.15, 0.2) is 0 Å². The Labute approximate surface area is 110 Å². The Morgan fingerprint density at radius 3 is 3.00 bits per heavy atom. The molecule has 0 aliphatic carbocycles. The Morgan fingerprint density at radius 1 is 1.39 bits per heavy atom. The van der Waals surface area contributed by atoms with Gasteiger partial charge < -0.3 is 14.6 Å². The number of hydrogen-bond acceptors (Lipinski definition) is 3. The van der Waals surface area contributed by atoms with Gasteiger partial charge in [0.25, 0.3) is 0 Å². The van der Waals surface area contributed by atoms with Gasteiger partial charge in [-0.2, -0.15) is 0 Å². The first-order chi connectivity index (χ1) is 8.92. The van der Waals surface area contributed by atoms with Crippen LogP contribution in [0.3, 0.4) is 0 Å². The summed E-state index contributed by atoms with van der Waals surface area (Å²) in [6.07, 6.45) is 8.78. The number of unbranched alkanes of at least 4 members (excludes halogenated alkanes) is 1. The van der Waals surface area contributed by atoms with Gasteiger partial charge >= 0.3 is 0 Å². The molecule has 0 unspecified atom stereocenters. The van der Waals surface area contributed by atoms with Gasteiger partial charge in [0, 0.05) is 31.0 Å². The molecular weight excluding hydrogens is 226 g/mol. The molecule has 0 radical (unpaired) electrons. The lowest BCUT2D eigenvalue weighted by atomic mass is 9.95. The molecule has 1 N–H and O–H groups in total. The molecule has 1 fully saturated rings. The van der Waals surface area contributed by atoms with Crippen molar-refractivity contribution in [1.82, 2.24) is 14.9 Å². The van der Waals surface area contributed by atoms with Crippen molar-refractivity contribution < 1.29 is 4.74 Å². The van der Waals surface area contributed by atoms with Crippen molar-refractivity contribution in [2.75, 3.05) is 26.3 Å². The van der Waals surface area contributed by atoms with E-state index in [0.717, 1.165) is 39.3 Å². The second-order valence-electron chi connectivity index (χ2n) is 5.00. The molecule has 1 aromatic rings. The van der Waals surface area contributed by atoms with E-state index < -0.39 is 0 Å². The Hall–Kier alpha value is -0.870. The van der Waals surface area contributed by atoms with E-state index in [0.29, 0.717) is 5.92 Å². The average Bonchev–Trinajstić information content (AvgIpc) is 2.88. The maximum Gasteiger partial charge on any atom is 0.0949 e. The van der Waals surface area contributed by atoms with Crippen molar-refractivity contribution in [1.29, 1.82) is 0 Å². The van der Waals surface area contributed by atoms with Gasteiger partial charge in [0.05, 0.1) is 12.9 Å². The molecule has 1 saturated heterocycles. The Bertz CT molecular complexity index is 332. The lowest BCUT2D eigenvalue weighted by Crippen LogP contribution is -2.27. The summed E-state index contributed by atoms with van der Waals surface area (Å²) in [5.74, 6) is 0.671. The highest BCUT2D eigenvalue weighted by Gasteiger charge is 2.18. The molecular formula is C14H25N3O. The Balaban J connectivity index is 1.79. The maximum absolute atomic E-state index is 5.63. The molecule has 0 amide bonds. The summed E-state index contributed by atoms with van der Waals surface area (Å²) in [7, 11) is 0. The van der Waals surface area contributed by atoms with Crippen LogP contribution in [0.25, 0.3) is 0 Å². The summed E-state index contributed by atoms with van der Waals surface area (Å²) >= 11 is 0. The summed E-state index contributed by atoms with van der Waals surface area (Å²) in [6, 6.07) is 0. The van der Waals surface area contributed by atoms with Crippen LogP contribution < -0.4 is 5.32 Å². The third-order valence-corrected chi connectivity index (χ3v) is 3.62. The summed E-state index contributed by atoms with van der Waals surface area (Å²) in [5, 5.41) is 3.41. The molecule has 0 aromatic carbocycles. The summed E-state index contributed by atoms with van der Waals surface area (Å²) in [4.78, 5) is 4.30. The molecule has 1 aliphatic heterocycles. The number of piperidine rings is 1. The molecule has 4 heteroatoms. The van der Waals surface area contributed by atoms with Gasteiger partial charge in [-0.15, -0.1) is 0 Å². The van der Waals surface area contributed by atoms with E-state index in [1.807, 2.05) is 12.5 Å². The van der Waals surface area contributed by atoms with Crippen LogP contribution in [-0.2, 0) is 11.3 Å². The summed E-state index contributed by atoms with van der Waals surface area (Å²) in [6.45, 7) is 7.06. The molecule has 0 spiro atoms. The van der Waals surface area contributed by atoms with Gasteiger partial charge in [-0.1, -0.05) is 13.3 Å². The molecule has 102 valence electrons. The van der Waals surface area contributed by atoms with E-state index in [1.54, 1.807) is 0 Å². The predicted molar refractivity (Wildman–Crippen MR) is 72.8 cm³/mol. The van der Waals surface area contributed by atoms with Crippen molar-refractivity contribution in [3.8, 4) is 0 Å². The summed E-state index contributed by atoms with van der Waals surface area (Å²) in [5.41, 5.74) is 1.38. The van der Waals surface area contributed by atoms with Crippen molar-refractivity contribution >= 4 is 0 Å². The first-order valence-electron chi connectivity index (χ1n) is 7.20. The fraction of sp³-hybridized carbons (Fsp3) is 0.786. The molecule has 2 heterocycles. The maximum atomic E-state index is 5.63. The van der Waals surface area contributed by atoms with Gasteiger partial charge in [-0.3, -0.25) is 0 Å². The van der Waals surface area contributed by atoms with Crippen LogP contribution >= 0.6 is 0 Å². The zero-order valence-corrected chi connectivity index (χ0v) is 11.4. The number of imidazole rings is 1. The second-order valence-corrected chi connectivity index (χ2v) is 5.00. The van der Waals surface area contributed by atoms with E-state index in [2.05, 4.69) is 21.8 Å². The second kappa shape index (κ2) is 7.54. The lowest BCUT2D eigenvalue weighted by molar-refractivity contribution is 0.122. The number of hydrogen-bond donors (Lipinski definition) is 1. The molecule has 0 saturated carbocycles. The molecule has 1 aliphatic rings. The number of nitrogens with zero attached hydrogens (tertiary/aromatic N) is 2. The quantitative estimate of drug-likeness (QED) is 0.755. The van der Waals surface area contributed by atoms with Gasteiger partial charge in [-0.25, -0.2) is 4.98 Å². The van der Waals surface area contributed by atoms with Crippen LogP contribution in [0, 0.1) is 0 Å². The van der Waals surface area contributed by atoms with E-state index >= 15 is 0 Å². The van der Waals surface area contributed by atoms with Crippen LogP contribution in [0.5, 0.6) is 0 Å². The molecule has 18 heavy (non-hydrogen) atoms. The number of nitrogens with one attached hydrogen (secondary N) is 1. The highest BCUT2D eigenvalue weighted by atomic mass is 16.5. The number of rotatable bonds is 7. The van der Waals surface area contributed by atoms with Gasteiger partial charge in [-0.05, 0) is 32.4 Å². The zero-order chi connectivity index (χ0) is 12.6. The number of aromatic nitrogens is 2. The topological polar surface area (TPSA) is 39.1 Å². The van der Waals surface area contributed by atoms with Crippen LogP contribution in [0.1, 0.15) is 44.2 Å². The fourth-order valence-corrected chi connectivity index (χ4v) is 2.49. The zero-order valence-electron chi connectivity index (χ0n) is 11.4. The predicted octanol–water partition coefficient (Wildman–Crippen LogP) is 2.17. The third-order valence-electron chi connectivity index (χ3n) is 3.62. The normalized spacial score (nSPS) is 17.2. The Kier molecular flexibility index (Phi) is 5.68. The van der Waals surface area contributed by atoms with Crippen LogP contribution in [-0.4, -0.2) is 35.9 Å². The first-order valence-corrected chi connectivity index (χ1v) is 7.20. The van der Waals surface area contributed by atoms with E-state index in [-0.39, 0.29) is 0 Å². The third kappa shape index (κ3) is 3.82. The van der Waals surface area contributed by atoms with E-state index in [9.17, 15) is 0 Å². The summed E-state index contributed by atoms with van der Waals surface area (Å²) < 4.78 is 7.89. The minimum Gasteiger partial charge on any atom is -0.380 e. The Morgan fingerprint density at radius 2 is 2.22 bits per heavy atom. The first kappa shape index (κ1) is 13.6. The fourth-order valence-electron chi connectivity index (χ4n) is 2.49. The van der Waals surface area contributed by atoms with Crippen LogP contribution in [0.2, 0.25) is 0 Å². The highest BCUT2D eigenvalue weighted by molar-refractivity contribution is 5.07.